The van der Waals surface area contributed by atoms with Crippen molar-refractivity contribution < 1.29 is 4.74 Å². The maximum absolute atomic E-state index is 5.34. The molecule has 2 aliphatic rings. The van der Waals surface area contributed by atoms with Crippen molar-refractivity contribution in [2.75, 3.05) is 7.11 Å². The number of ether oxygens (including phenoxy) is 1. The third-order valence-electron chi connectivity index (χ3n) is 4.55. The highest BCUT2D eigenvalue weighted by molar-refractivity contribution is 5.37. The van der Waals surface area contributed by atoms with Crippen LogP contribution in [-0.2, 0) is 12.8 Å². The fourth-order valence-corrected chi connectivity index (χ4v) is 3.33. The Hall–Kier alpha value is -1.02. The van der Waals surface area contributed by atoms with Gasteiger partial charge in [-0.2, -0.15) is 0 Å². The summed E-state index contributed by atoms with van der Waals surface area (Å²) in [6, 6.07) is 7.85. The van der Waals surface area contributed by atoms with E-state index in [-0.39, 0.29) is 0 Å². The molecule has 0 radical (unpaired) electrons. The third-order valence-corrected chi connectivity index (χ3v) is 4.55. The summed E-state index contributed by atoms with van der Waals surface area (Å²) in [5, 5.41) is 3.83. The second-order valence-corrected chi connectivity index (χ2v) is 6.32. The first-order chi connectivity index (χ1) is 9.24. The SMILES string of the molecule is COc1ccc2c(c1)CC(NC(C)CC1CC1)CC2. The van der Waals surface area contributed by atoms with Gasteiger partial charge in [-0.15, -0.1) is 0 Å². The van der Waals surface area contributed by atoms with E-state index in [1.54, 1.807) is 7.11 Å². The van der Waals surface area contributed by atoms with Gasteiger partial charge in [0.25, 0.3) is 0 Å². The van der Waals surface area contributed by atoms with Crippen LogP contribution in [0.5, 0.6) is 5.75 Å². The van der Waals surface area contributed by atoms with Gasteiger partial charge in [0, 0.05) is 12.1 Å². The van der Waals surface area contributed by atoms with Crippen LogP contribution in [-0.4, -0.2) is 19.2 Å². The lowest BCUT2D eigenvalue weighted by atomic mass is 9.87. The summed E-state index contributed by atoms with van der Waals surface area (Å²) < 4.78 is 5.34. The first-order valence-corrected chi connectivity index (χ1v) is 7.66. The monoisotopic (exact) mass is 259 g/mol. The Morgan fingerprint density at radius 2 is 2.11 bits per heavy atom. The van der Waals surface area contributed by atoms with Crippen LogP contribution in [0.3, 0.4) is 0 Å². The summed E-state index contributed by atoms with van der Waals surface area (Å²) in [5.74, 6) is 2.00. The second kappa shape index (κ2) is 5.54. The average molecular weight is 259 g/mol. The zero-order valence-corrected chi connectivity index (χ0v) is 12.1. The van der Waals surface area contributed by atoms with Gasteiger partial charge in [-0.05, 0) is 61.8 Å². The summed E-state index contributed by atoms with van der Waals surface area (Å²) in [5.41, 5.74) is 2.98. The number of hydrogen-bond donors (Lipinski definition) is 1. The lowest BCUT2D eigenvalue weighted by Crippen LogP contribution is -2.40. The Labute approximate surface area is 116 Å². The van der Waals surface area contributed by atoms with E-state index in [0.717, 1.165) is 18.1 Å². The molecule has 0 heterocycles. The minimum absolute atomic E-state index is 0.647. The fraction of sp³-hybridized carbons (Fsp3) is 0.647. The number of hydrogen-bond acceptors (Lipinski definition) is 2. The molecule has 0 aromatic heterocycles. The maximum atomic E-state index is 5.34. The number of aryl methyl sites for hydroxylation is 1. The minimum Gasteiger partial charge on any atom is -0.497 e. The molecule has 2 atom stereocenters. The molecule has 0 saturated heterocycles. The van der Waals surface area contributed by atoms with Crippen molar-refractivity contribution >= 4 is 0 Å². The van der Waals surface area contributed by atoms with E-state index in [0.29, 0.717) is 12.1 Å². The number of rotatable bonds is 5. The van der Waals surface area contributed by atoms with Gasteiger partial charge < -0.3 is 10.1 Å². The summed E-state index contributed by atoms with van der Waals surface area (Å²) in [6.45, 7) is 2.35. The molecule has 1 N–H and O–H groups in total. The molecule has 3 rings (SSSR count). The van der Waals surface area contributed by atoms with Gasteiger partial charge in [-0.3, -0.25) is 0 Å². The normalized spacial score (nSPS) is 23.8. The van der Waals surface area contributed by atoms with E-state index in [2.05, 4.69) is 30.4 Å². The lowest BCUT2D eigenvalue weighted by Gasteiger charge is -2.28. The van der Waals surface area contributed by atoms with Crippen molar-refractivity contribution in [2.45, 2.75) is 57.5 Å². The van der Waals surface area contributed by atoms with Crippen LogP contribution in [0.25, 0.3) is 0 Å². The van der Waals surface area contributed by atoms with E-state index in [4.69, 9.17) is 4.74 Å². The van der Waals surface area contributed by atoms with Gasteiger partial charge in [-0.25, -0.2) is 0 Å². The molecule has 2 unspecified atom stereocenters. The molecular formula is C17H25NO. The molecule has 0 bridgehead atoms. The molecule has 0 aliphatic heterocycles. The van der Waals surface area contributed by atoms with Crippen molar-refractivity contribution in [2.24, 2.45) is 5.92 Å². The van der Waals surface area contributed by atoms with Crippen molar-refractivity contribution in [1.82, 2.24) is 5.32 Å². The first-order valence-electron chi connectivity index (χ1n) is 7.66. The van der Waals surface area contributed by atoms with Crippen LogP contribution in [0, 0.1) is 5.92 Å². The number of methoxy groups -OCH3 is 1. The minimum atomic E-state index is 0.647. The molecular weight excluding hydrogens is 234 g/mol. The highest BCUT2D eigenvalue weighted by Gasteiger charge is 2.26. The molecule has 2 nitrogen and oxygen atoms in total. The van der Waals surface area contributed by atoms with E-state index in [9.17, 15) is 0 Å². The topological polar surface area (TPSA) is 21.3 Å². The highest BCUT2D eigenvalue weighted by Crippen LogP contribution is 2.34. The van der Waals surface area contributed by atoms with Gasteiger partial charge in [0.15, 0.2) is 0 Å². The quantitative estimate of drug-likeness (QED) is 0.875. The predicted molar refractivity (Wildman–Crippen MR) is 78.7 cm³/mol. The van der Waals surface area contributed by atoms with Crippen LogP contribution in [0.15, 0.2) is 18.2 Å². The van der Waals surface area contributed by atoms with E-state index < -0.39 is 0 Å². The molecule has 0 spiro atoms. The Bertz CT molecular complexity index is 439. The van der Waals surface area contributed by atoms with E-state index in [1.807, 2.05) is 0 Å². The molecule has 1 aromatic rings. The van der Waals surface area contributed by atoms with Gasteiger partial charge in [0.05, 0.1) is 7.11 Å². The van der Waals surface area contributed by atoms with Crippen molar-refractivity contribution in [3.8, 4) is 5.75 Å². The first kappa shape index (κ1) is 13.0. The van der Waals surface area contributed by atoms with Crippen LogP contribution in [0.1, 0.15) is 43.7 Å². The fourth-order valence-electron chi connectivity index (χ4n) is 3.33. The summed E-state index contributed by atoms with van der Waals surface area (Å²) in [6.07, 6.45) is 7.90. The van der Waals surface area contributed by atoms with E-state index in [1.165, 1.54) is 43.2 Å². The second-order valence-electron chi connectivity index (χ2n) is 6.32. The third kappa shape index (κ3) is 3.30. The lowest BCUT2D eigenvalue weighted by molar-refractivity contribution is 0.381. The Kier molecular flexibility index (Phi) is 3.79. The Balaban J connectivity index is 1.60. The van der Waals surface area contributed by atoms with Gasteiger partial charge >= 0.3 is 0 Å². The zero-order chi connectivity index (χ0) is 13.2. The highest BCUT2D eigenvalue weighted by atomic mass is 16.5. The van der Waals surface area contributed by atoms with Crippen LogP contribution in [0.2, 0.25) is 0 Å². The van der Waals surface area contributed by atoms with Crippen molar-refractivity contribution in [1.29, 1.82) is 0 Å². The van der Waals surface area contributed by atoms with Gasteiger partial charge in [0.2, 0.25) is 0 Å². The maximum Gasteiger partial charge on any atom is 0.119 e. The number of benzene rings is 1. The van der Waals surface area contributed by atoms with Gasteiger partial charge in [-0.1, -0.05) is 18.9 Å². The molecule has 1 saturated carbocycles. The Morgan fingerprint density at radius 3 is 2.84 bits per heavy atom. The summed E-state index contributed by atoms with van der Waals surface area (Å²) >= 11 is 0. The Morgan fingerprint density at radius 1 is 1.26 bits per heavy atom. The molecule has 104 valence electrons. The summed E-state index contributed by atoms with van der Waals surface area (Å²) in [4.78, 5) is 0. The molecule has 19 heavy (non-hydrogen) atoms. The average Bonchev–Trinajstić information content (AvgIpc) is 3.21. The predicted octanol–water partition coefficient (Wildman–Crippen LogP) is 3.33. The number of fused-ring (bicyclic) bond motifs is 1. The van der Waals surface area contributed by atoms with Crippen molar-refractivity contribution in [3.05, 3.63) is 29.3 Å². The van der Waals surface area contributed by atoms with Gasteiger partial charge in [0.1, 0.15) is 5.75 Å². The van der Waals surface area contributed by atoms with Crippen LogP contribution < -0.4 is 10.1 Å². The molecule has 1 fully saturated rings. The standard InChI is InChI=1S/C17H25NO/c1-12(9-13-3-4-13)18-16-7-5-14-6-8-17(19-2)11-15(14)10-16/h6,8,11-13,16,18H,3-5,7,9-10H2,1-2H3. The van der Waals surface area contributed by atoms with Crippen LogP contribution in [0.4, 0.5) is 0 Å². The van der Waals surface area contributed by atoms with Crippen molar-refractivity contribution in [3.63, 3.8) is 0 Å². The largest absolute Gasteiger partial charge is 0.497 e. The summed E-state index contributed by atoms with van der Waals surface area (Å²) in [7, 11) is 1.75. The zero-order valence-electron chi connectivity index (χ0n) is 12.1. The van der Waals surface area contributed by atoms with E-state index >= 15 is 0 Å². The molecule has 1 aromatic carbocycles. The number of nitrogens with one attached hydrogen (secondary N) is 1. The molecule has 2 aliphatic carbocycles. The molecule has 2 heteroatoms. The smallest absolute Gasteiger partial charge is 0.119 e. The van der Waals surface area contributed by atoms with Crippen LogP contribution >= 0.6 is 0 Å². The molecule has 0 amide bonds.